The van der Waals surface area contributed by atoms with Crippen molar-refractivity contribution in [2.24, 2.45) is 10.9 Å². The maximum absolute atomic E-state index is 12.2. The summed E-state index contributed by atoms with van der Waals surface area (Å²) in [6.07, 6.45) is 11.6. The molecule has 2 fully saturated rings. The van der Waals surface area contributed by atoms with E-state index in [0.717, 1.165) is 23.1 Å². The van der Waals surface area contributed by atoms with Gasteiger partial charge in [0.15, 0.2) is 0 Å². The molecular weight excluding hydrogens is 314 g/mol. The number of aliphatic imine (C=N–C) groups is 1. The SMILES string of the molecule is O=C1NC(=NCC2CCCCC2)N/C1=C\c1ccc2nccnc2c1. The number of fused-ring (bicyclic) bond motifs is 1. The fourth-order valence-corrected chi connectivity index (χ4v) is 3.40. The molecule has 0 atom stereocenters. The minimum Gasteiger partial charge on any atom is -0.321 e. The highest BCUT2D eigenvalue weighted by atomic mass is 16.2. The fourth-order valence-electron chi connectivity index (χ4n) is 3.40. The zero-order chi connectivity index (χ0) is 17.1. The Labute approximate surface area is 146 Å². The summed E-state index contributed by atoms with van der Waals surface area (Å²) < 4.78 is 0. The number of guanidine groups is 1. The van der Waals surface area contributed by atoms with Gasteiger partial charge in [0, 0.05) is 18.9 Å². The van der Waals surface area contributed by atoms with Gasteiger partial charge in [0.1, 0.15) is 5.70 Å². The Kier molecular flexibility index (Phi) is 4.41. The van der Waals surface area contributed by atoms with Crippen molar-refractivity contribution in [3.63, 3.8) is 0 Å². The van der Waals surface area contributed by atoms with Crippen molar-refractivity contribution in [3.8, 4) is 0 Å². The molecule has 1 amide bonds. The Bertz CT molecular complexity index is 852. The Morgan fingerprint density at radius 1 is 1.08 bits per heavy atom. The summed E-state index contributed by atoms with van der Waals surface area (Å²) in [5.41, 5.74) is 3.05. The van der Waals surface area contributed by atoms with E-state index in [9.17, 15) is 4.79 Å². The lowest BCUT2D eigenvalue weighted by Gasteiger charge is -2.19. The van der Waals surface area contributed by atoms with Crippen LogP contribution in [-0.2, 0) is 4.79 Å². The van der Waals surface area contributed by atoms with Gasteiger partial charge in [-0.15, -0.1) is 0 Å². The predicted molar refractivity (Wildman–Crippen MR) is 97.7 cm³/mol. The molecule has 0 spiro atoms. The molecule has 25 heavy (non-hydrogen) atoms. The molecular formula is C19H21N5O. The number of amides is 1. The number of carbonyl (C=O) groups is 1. The van der Waals surface area contributed by atoms with E-state index in [1.807, 2.05) is 24.3 Å². The van der Waals surface area contributed by atoms with Crippen LogP contribution in [-0.4, -0.2) is 28.4 Å². The third-order valence-corrected chi connectivity index (χ3v) is 4.77. The number of rotatable bonds is 3. The maximum atomic E-state index is 12.2. The second-order valence-corrected chi connectivity index (χ2v) is 6.63. The van der Waals surface area contributed by atoms with Crippen molar-refractivity contribution in [2.75, 3.05) is 6.54 Å². The number of benzene rings is 1. The van der Waals surface area contributed by atoms with E-state index in [2.05, 4.69) is 25.6 Å². The maximum Gasteiger partial charge on any atom is 0.274 e. The zero-order valence-corrected chi connectivity index (χ0v) is 14.0. The molecule has 128 valence electrons. The Morgan fingerprint density at radius 2 is 1.88 bits per heavy atom. The Hall–Kier alpha value is -2.76. The van der Waals surface area contributed by atoms with E-state index in [1.165, 1.54) is 32.1 Å². The van der Waals surface area contributed by atoms with Crippen molar-refractivity contribution in [2.45, 2.75) is 32.1 Å². The van der Waals surface area contributed by atoms with Gasteiger partial charge in [-0.3, -0.25) is 25.1 Å². The van der Waals surface area contributed by atoms with Crippen molar-refractivity contribution in [1.82, 2.24) is 20.6 Å². The molecule has 6 nitrogen and oxygen atoms in total. The highest BCUT2D eigenvalue weighted by molar-refractivity contribution is 6.15. The Morgan fingerprint density at radius 3 is 2.72 bits per heavy atom. The molecule has 4 rings (SSSR count). The molecule has 2 N–H and O–H groups in total. The largest absolute Gasteiger partial charge is 0.321 e. The molecule has 1 aromatic carbocycles. The molecule has 2 heterocycles. The molecule has 1 saturated carbocycles. The minimum absolute atomic E-state index is 0.151. The lowest BCUT2D eigenvalue weighted by atomic mass is 9.89. The van der Waals surface area contributed by atoms with Crippen LogP contribution < -0.4 is 10.6 Å². The summed E-state index contributed by atoms with van der Waals surface area (Å²) in [5.74, 6) is 1.05. The summed E-state index contributed by atoms with van der Waals surface area (Å²) >= 11 is 0. The van der Waals surface area contributed by atoms with Gasteiger partial charge >= 0.3 is 0 Å². The van der Waals surface area contributed by atoms with Crippen LogP contribution in [0, 0.1) is 5.92 Å². The molecule has 0 bridgehead atoms. The van der Waals surface area contributed by atoms with Crippen LogP contribution in [0.1, 0.15) is 37.7 Å². The second-order valence-electron chi connectivity index (χ2n) is 6.63. The first-order valence-corrected chi connectivity index (χ1v) is 8.83. The molecule has 2 aliphatic rings. The van der Waals surface area contributed by atoms with Crippen LogP contribution in [0.25, 0.3) is 17.1 Å². The van der Waals surface area contributed by atoms with Crippen molar-refractivity contribution < 1.29 is 4.79 Å². The fraction of sp³-hybridized carbons (Fsp3) is 0.368. The van der Waals surface area contributed by atoms with Gasteiger partial charge in [0.05, 0.1) is 11.0 Å². The van der Waals surface area contributed by atoms with E-state index in [1.54, 1.807) is 12.4 Å². The van der Waals surface area contributed by atoms with Crippen molar-refractivity contribution in [1.29, 1.82) is 0 Å². The Balaban J connectivity index is 1.48. The number of hydrogen-bond acceptors (Lipinski definition) is 4. The number of carbonyl (C=O) groups excluding carboxylic acids is 1. The number of nitrogens with zero attached hydrogens (tertiary/aromatic N) is 3. The average molecular weight is 335 g/mol. The lowest BCUT2D eigenvalue weighted by Crippen LogP contribution is -2.26. The van der Waals surface area contributed by atoms with Crippen LogP contribution in [0.2, 0.25) is 0 Å². The quantitative estimate of drug-likeness (QED) is 0.845. The summed E-state index contributed by atoms with van der Waals surface area (Å²) in [6.45, 7) is 0.779. The first-order chi connectivity index (χ1) is 12.3. The van der Waals surface area contributed by atoms with E-state index in [4.69, 9.17) is 0 Å². The van der Waals surface area contributed by atoms with Crippen LogP contribution in [0.5, 0.6) is 0 Å². The first kappa shape index (κ1) is 15.7. The van der Waals surface area contributed by atoms with Crippen LogP contribution in [0.3, 0.4) is 0 Å². The van der Waals surface area contributed by atoms with E-state index in [0.29, 0.717) is 17.6 Å². The third kappa shape index (κ3) is 3.68. The number of nitrogens with one attached hydrogen (secondary N) is 2. The summed E-state index contributed by atoms with van der Waals surface area (Å²) in [7, 11) is 0. The summed E-state index contributed by atoms with van der Waals surface area (Å²) in [5, 5.41) is 5.90. The molecule has 6 heteroatoms. The standard InChI is InChI=1S/C19H21N5O/c25-18-17(11-14-6-7-15-16(10-14)21-9-8-20-15)23-19(24-18)22-12-13-4-2-1-3-5-13/h6-11,13H,1-5,12H2,(H2,22,23,24,25)/b17-11-. The van der Waals surface area contributed by atoms with Crippen LogP contribution in [0.15, 0.2) is 41.3 Å². The van der Waals surface area contributed by atoms with Gasteiger partial charge < -0.3 is 5.32 Å². The number of hydrogen-bond donors (Lipinski definition) is 2. The topological polar surface area (TPSA) is 79.3 Å². The van der Waals surface area contributed by atoms with Crippen LogP contribution in [0.4, 0.5) is 0 Å². The minimum atomic E-state index is -0.151. The third-order valence-electron chi connectivity index (χ3n) is 4.77. The molecule has 1 aliphatic heterocycles. The molecule has 1 saturated heterocycles. The van der Waals surface area contributed by atoms with Crippen molar-refractivity contribution in [3.05, 3.63) is 41.9 Å². The van der Waals surface area contributed by atoms with Gasteiger partial charge in [-0.2, -0.15) is 0 Å². The molecule has 1 aromatic heterocycles. The summed E-state index contributed by atoms with van der Waals surface area (Å²) in [6, 6.07) is 5.75. The number of aromatic nitrogens is 2. The van der Waals surface area contributed by atoms with Gasteiger partial charge in [0.2, 0.25) is 5.96 Å². The van der Waals surface area contributed by atoms with Gasteiger partial charge in [-0.1, -0.05) is 25.3 Å². The first-order valence-electron chi connectivity index (χ1n) is 8.83. The lowest BCUT2D eigenvalue weighted by molar-refractivity contribution is -0.115. The van der Waals surface area contributed by atoms with Crippen molar-refractivity contribution >= 4 is 29.0 Å². The second kappa shape index (κ2) is 7.01. The molecule has 0 radical (unpaired) electrons. The highest BCUT2D eigenvalue weighted by Gasteiger charge is 2.22. The normalized spacial score (nSPS) is 21.7. The van der Waals surface area contributed by atoms with E-state index >= 15 is 0 Å². The monoisotopic (exact) mass is 335 g/mol. The summed E-state index contributed by atoms with van der Waals surface area (Å²) in [4.78, 5) is 25.3. The molecule has 1 aliphatic carbocycles. The average Bonchev–Trinajstić information content (AvgIpc) is 3.00. The van der Waals surface area contributed by atoms with E-state index < -0.39 is 0 Å². The zero-order valence-electron chi connectivity index (χ0n) is 14.0. The van der Waals surface area contributed by atoms with Crippen LogP contribution >= 0.6 is 0 Å². The smallest absolute Gasteiger partial charge is 0.274 e. The highest BCUT2D eigenvalue weighted by Crippen LogP contribution is 2.23. The molecule has 2 aromatic rings. The van der Waals surface area contributed by atoms with Gasteiger partial charge in [-0.25, -0.2) is 0 Å². The van der Waals surface area contributed by atoms with Gasteiger partial charge in [-0.05, 0) is 42.5 Å². The molecule has 0 unspecified atom stereocenters. The predicted octanol–water partition coefficient (Wildman–Crippen LogP) is 2.63. The van der Waals surface area contributed by atoms with Gasteiger partial charge in [0.25, 0.3) is 5.91 Å². The van der Waals surface area contributed by atoms with E-state index in [-0.39, 0.29) is 5.91 Å².